The van der Waals surface area contributed by atoms with Crippen LogP contribution in [-0.2, 0) is 0 Å². The van der Waals surface area contributed by atoms with Crippen LogP contribution in [-0.4, -0.2) is 4.62 Å². The van der Waals surface area contributed by atoms with Crippen molar-refractivity contribution in [2.45, 2.75) is 6.92 Å². The second kappa shape index (κ2) is 4.09. The number of rotatable bonds is 1. The van der Waals surface area contributed by atoms with Crippen molar-refractivity contribution >= 4 is 33.2 Å². The summed E-state index contributed by atoms with van der Waals surface area (Å²) in [4.78, 5) is 3.54. The van der Waals surface area contributed by atoms with Crippen LogP contribution >= 0.6 is 28.6 Å². The second-order valence-corrected chi connectivity index (χ2v) is 2.65. The Morgan fingerprint density at radius 3 is 2.50 bits per heavy atom. The molecule has 0 bridgehead atoms. The smallest absolute Gasteiger partial charge is 0.171 e. The molecule has 0 aromatic rings. The van der Waals surface area contributed by atoms with Crippen LogP contribution in [0.5, 0.6) is 0 Å². The van der Waals surface area contributed by atoms with Crippen LogP contribution in [0.25, 0.3) is 0 Å². The minimum atomic E-state index is -0.594. The number of hydrogen-bond donors (Lipinski definition) is 1. The Morgan fingerprint density at radius 2 is 2.38 bits per heavy atom. The van der Waals surface area contributed by atoms with Crippen LogP contribution in [0.2, 0.25) is 0 Å². The van der Waals surface area contributed by atoms with E-state index in [-0.39, 0.29) is 0 Å². The fourth-order valence-electron chi connectivity index (χ4n) is 0.142. The highest BCUT2D eigenvalue weighted by molar-refractivity contribution is 9.18. The molecule has 0 unspecified atom stereocenters. The third-order valence-electron chi connectivity index (χ3n) is 0.349. The first-order valence-corrected chi connectivity index (χ1v) is 3.11. The summed E-state index contributed by atoms with van der Waals surface area (Å²) >= 11 is 6.35. The van der Waals surface area contributed by atoms with Crippen LogP contribution < -0.4 is 0 Å². The monoisotopic (exact) mass is 197 g/mol. The summed E-state index contributed by atoms with van der Waals surface area (Å²) in [5, 5.41) is -0.594. The van der Waals surface area contributed by atoms with Gasteiger partial charge in [-0.3, -0.25) is 4.99 Å². The first-order valence-electron chi connectivity index (χ1n) is 1.87. The molecule has 0 atom stereocenters. The lowest BCUT2D eigenvalue weighted by molar-refractivity contribution is 0.699. The molecule has 8 heavy (non-hydrogen) atoms. The highest BCUT2D eigenvalue weighted by Gasteiger charge is 1.79. The predicted molar refractivity (Wildman–Crippen MR) is 40.2 cm³/mol. The van der Waals surface area contributed by atoms with Gasteiger partial charge < -0.3 is 0 Å². The van der Waals surface area contributed by atoms with E-state index in [4.69, 9.17) is 0 Å². The van der Waals surface area contributed by atoms with Gasteiger partial charge in [0, 0.05) is 0 Å². The van der Waals surface area contributed by atoms with Crippen molar-refractivity contribution in [1.29, 1.82) is 0 Å². The molecule has 0 aliphatic rings. The van der Waals surface area contributed by atoms with Crippen LogP contribution in [0.15, 0.2) is 16.4 Å². The highest BCUT2D eigenvalue weighted by atomic mass is 79.9. The van der Waals surface area contributed by atoms with Gasteiger partial charge in [-0.15, -0.1) is 12.6 Å². The van der Waals surface area contributed by atoms with Crippen LogP contribution in [0.4, 0.5) is 4.39 Å². The number of halogens is 2. The molecule has 0 spiro atoms. The maximum absolute atomic E-state index is 11.7. The Bertz CT molecular complexity index is 108. The molecule has 0 saturated carbocycles. The lowest BCUT2D eigenvalue weighted by Gasteiger charge is -1.79. The number of hydrogen-bond acceptors (Lipinski definition) is 2. The second-order valence-electron chi connectivity index (χ2n) is 1.08. The van der Waals surface area contributed by atoms with Crippen molar-refractivity contribution in [3.8, 4) is 0 Å². The third kappa shape index (κ3) is 6.17. The van der Waals surface area contributed by atoms with E-state index >= 15 is 0 Å². The molecule has 0 aromatic heterocycles. The van der Waals surface area contributed by atoms with Gasteiger partial charge >= 0.3 is 0 Å². The summed E-state index contributed by atoms with van der Waals surface area (Å²) in [5.41, 5.74) is 0. The molecule has 0 aliphatic carbocycles. The Labute approximate surface area is 61.2 Å². The Morgan fingerprint density at radius 1 is 1.88 bits per heavy atom. The van der Waals surface area contributed by atoms with Gasteiger partial charge in [0.1, 0.15) is 0 Å². The summed E-state index contributed by atoms with van der Waals surface area (Å²) in [6, 6.07) is 0. The highest BCUT2D eigenvalue weighted by Crippen LogP contribution is 2.01. The summed E-state index contributed by atoms with van der Waals surface area (Å²) < 4.78 is 12.3. The topological polar surface area (TPSA) is 12.4 Å². The maximum atomic E-state index is 11.7. The van der Waals surface area contributed by atoms with Crippen LogP contribution in [0, 0.1) is 0 Å². The molecular weight excluding hydrogens is 193 g/mol. The average Bonchev–Trinajstić information content (AvgIpc) is 1.61. The van der Waals surface area contributed by atoms with E-state index in [2.05, 4.69) is 33.6 Å². The van der Waals surface area contributed by atoms with Gasteiger partial charge in [-0.05, 0) is 22.9 Å². The van der Waals surface area contributed by atoms with E-state index < -0.39 is 5.16 Å². The lowest BCUT2D eigenvalue weighted by atomic mass is 10.8. The number of nitrogens with zero attached hydrogens (tertiary/aromatic N) is 1. The summed E-state index contributed by atoms with van der Waals surface area (Å²) in [7, 11) is 0. The van der Waals surface area contributed by atoms with Crippen molar-refractivity contribution in [3.63, 3.8) is 0 Å². The fourth-order valence-corrected chi connectivity index (χ4v) is 0.302. The summed E-state index contributed by atoms with van der Waals surface area (Å²) in [6.45, 7) is 1.70. The summed E-state index contributed by atoms with van der Waals surface area (Å²) in [6.07, 6.45) is 1.02. The zero-order valence-corrected chi connectivity index (χ0v) is 6.71. The molecule has 0 amide bonds. The fraction of sp³-hybridized carbons (Fsp3) is 0.250. The zero-order chi connectivity index (χ0) is 6.57. The standard InChI is InChI=1S/C4H5BrFNS/c1-3(5)7-2-4(6)8/h2,8H,1H3/b4-2-,7-3?. The van der Waals surface area contributed by atoms with Crippen LogP contribution in [0.1, 0.15) is 6.92 Å². The van der Waals surface area contributed by atoms with Crippen molar-refractivity contribution in [2.24, 2.45) is 4.99 Å². The molecule has 46 valence electrons. The number of aliphatic imine (C=N–C) groups is 1. The Kier molecular flexibility index (Phi) is 4.18. The average molecular weight is 198 g/mol. The van der Waals surface area contributed by atoms with E-state index in [1.807, 2.05) is 0 Å². The molecule has 4 heteroatoms. The third-order valence-corrected chi connectivity index (χ3v) is 0.669. The first-order chi connectivity index (χ1) is 3.63. The van der Waals surface area contributed by atoms with Crippen molar-refractivity contribution in [2.75, 3.05) is 0 Å². The first kappa shape index (κ1) is 8.17. The van der Waals surface area contributed by atoms with Crippen molar-refractivity contribution in [1.82, 2.24) is 0 Å². The SMILES string of the molecule is CC(Br)=N/C=C(/F)S. The van der Waals surface area contributed by atoms with Gasteiger partial charge in [-0.25, -0.2) is 0 Å². The van der Waals surface area contributed by atoms with E-state index in [1.165, 1.54) is 0 Å². The Hall–Kier alpha value is 0.170. The lowest BCUT2D eigenvalue weighted by Crippen LogP contribution is -1.68. The van der Waals surface area contributed by atoms with E-state index in [1.54, 1.807) is 6.92 Å². The van der Waals surface area contributed by atoms with Crippen molar-refractivity contribution in [3.05, 3.63) is 11.4 Å². The normalized spacial score (nSPS) is 14.5. The molecule has 0 aliphatic heterocycles. The van der Waals surface area contributed by atoms with Crippen LogP contribution in [0.3, 0.4) is 0 Å². The number of thiol groups is 1. The predicted octanol–water partition coefficient (Wildman–Crippen LogP) is 2.50. The van der Waals surface area contributed by atoms with Gasteiger partial charge in [-0.2, -0.15) is 4.39 Å². The van der Waals surface area contributed by atoms with Gasteiger partial charge in [0.05, 0.1) is 10.8 Å². The molecule has 0 fully saturated rings. The molecule has 0 aromatic carbocycles. The quantitative estimate of drug-likeness (QED) is 0.491. The van der Waals surface area contributed by atoms with Gasteiger partial charge in [0.2, 0.25) is 0 Å². The van der Waals surface area contributed by atoms with Gasteiger partial charge in [-0.1, -0.05) is 0 Å². The minimum Gasteiger partial charge on any atom is -0.251 e. The zero-order valence-electron chi connectivity index (χ0n) is 4.23. The molecule has 0 rings (SSSR count). The van der Waals surface area contributed by atoms with Crippen molar-refractivity contribution < 1.29 is 4.39 Å². The molecular formula is C4H5BrFNS. The molecule has 1 nitrogen and oxygen atoms in total. The van der Waals surface area contributed by atoms with Gasteiger partial charge in [0.25, 0.3) is 0 Å². The molecule has 0 N–H and O–H groups in total. The van der Waals surface area contributed by atoms with E-state index in [0.29, 0.717) is 4.62 Å². The maximum Gasteiger partial charge on any atom is 0.171 e. The summed E-state index contributed by atoms with van der Waals surface area (Å²) in [5.74, 6) is 0. The molecule has 0 saturated heterocycles. The minimum absolute atomic E-state index is 0.594. The van der Waals surface area contributed by atoms with Gasteiger partial charge in [0.15, 0.2) is 5.16 Å². The molecule has 0 radical (unpaired) electrons. The van der Waals surface area contributed by atoms with E-state index in [0.717, 1.165) is 6.20 Å². The Balaban J connectivity index is 3.76. The molecule has 0 heterocycles. The largest absolute Gasteiger partial charge is 0.251 e. The van der Waals surface area contributed by atoms with E-state index in [9.17, 15) is 4.39 Å².